The molecule has 1 aromatic rings. The number of para-hydroxylation sites is 1. The first-order valence-electron chi connectivity index (χ1n) is 6.39. The molecule has 0 saturated carbocycles. The number of hydrogen-bond acceptors (Lipinski definition) is 5. The molecule has 0 aromatic heterocycles. The Balaban J connectivity index is 2.09. The van der Waals surface area contributed by atoms with Gasteiger partial charge in [0.05, 0.1) is 26.4 Å². The quantitative estimate of drug-likeness (QED) is 0.826. The Hall–Kier alpha value is -1.79. The summed E-state index contributed by atoms with van der Waals surface area (Å²) in [4.78, 5) is 12.2. The minimum absolute atomic E-state index is 0.145. The van der Waals surface area contributed by atoms with Crippen LogP contribution in [0.25, 0.3) is 0 Å². The summed E-state index contributed by atoms with van der Waals surface area (Å²) in [5.41, 5.74) is -0.615. The molecule has 6 nitrogen and oxygen atoms in total. The molecule has 1 aliphatic rings. The van der Waals surface area contributed by atoms with Gasteiger partial charge in [0.1, 0.15) is 5.60 Å². The van der Waals surface area contributed by atoms with Crippen LogP contribution in [0.3, 0.4) is 0 Å². The molecular formula is C14H19NO5. The average molecular weight is 281 g/mol. The Morgan fingerprint density at radius 2 is 2.25 bits per heavy atom. The Morgan fingerprint density at radius 1 is 1.45 bits per heavy atom. The number of ether oxygens (including phenoxy) is 3. The topological polar surface area (TPSA) is 77.0 Å². The first-order chi connectivity index (χ1) is 9.59. The lowest BCUT2D eigenvalue weighted by atomic mass is 10.0. The van der Waals surface area contributed by atoms with Crippen molar-refractivity contribution >= 4 is 5.91 Å². The smallest absolute Gasteiger partial charge is 0.255 e. The van der Waals surface area contributed by atoms with Gasteiger partial charge >= 0.3 is 0 Å². The van der Waals surface area contributed by atoms with Gasteiger partial charge in [0, 0.05) is 19.6 Å². The fourth-order valence-electron chi connectivity index (χ4n) is 2.14. The van der Waals surface area contributed by atoms with Gasteiger partial charge in [-0.1, -0.05) is 6.07 Å². The number of methoxy groups -OCH3 is 2. The Bertz CT molecular complexity index is 482. The summed E-state index contributed by atoms with van der Waals surface area (Å²) in [6.07, 6.45) is 0.516. The number of benzene rings is 1. The Morgan fingerprint density at radius 3 is 2.85 bits per heavy atom. The molecule has 0 unspecified atom stereocenters. The highest BCUT2D eigenvalue weighted by atomic mass is 16.5. The molecule has 1 aromatic carbocycles. The molecule has 6 heteroatoms. The maximum atomic E-state index is 12.2. The summed E-state index contributed by atoms with van der Waals surface area (Å²) >= 11 is 0. The summed E-state index contributed by atoms with van der Waals surface area (Å²) in [5, 5.41) is 12.8. The summed E-state index contributed by atoms with van der Waals surface area (Å²) < 4.78 is 15.5. The van der Waals surface area contributed by atoms with Crippen molar-refractivity contribution in [3.63, 3.8) is 0 Å². The van der Waals surface area contributed by atoms with Crippen molar-refractivity contribution in [1.82, 2.24) is 5.32 Å². The van der Waals surface area contributed by atoms with Crippen molar-refractivity contribution in [2.45, 2.75) is 12.0 Å². The SMILES string of the molecule is COc1cccc(C(=O)NC[C@]2(O)CCOC2)c1OC. The van der Waals surface area contributed by atoms with Crippen LogP contribution < -0.4 is 14.8 Å². The van der Waals surface area contributed by atoms with E-state index in [1.807, 2.05) is 0 Å². The largest absolute Gasteiger partial charge is 0.493 e. The molecule has 20 heavy (non-hydrogen) atoms. The molecule has 2 rings (SSSR count). The van der Waals surface area contributed by atoms with Crippen molar-refractivity contribution in [1.29, 1.82) is 0 Å². The molecule has 1 atom stereocenters. The number of aliphatic hydroxyl groups is 1. The van der Waals surface area contributed by atoms with Crippen LogP contribution in [0.5, 0.6) is 11.5 Å². The van der Waals surface area contributed by atoms with E-state index in [4.69, 9.17) is 14.2 Å². The second-order valence-electron chi connectivity index (χ2n) is 4.75. The second kappa shape index (κ2) is 6.11. The van der Waals surface area contributed by atoms with Crippen LogP contribution in [0.2, 0.25) is 0 Å². The summed E-state index contributed by atoms with van der Waals surface area (Å²) in [7, 11) is 2.99. The van der Waals surface area contributed by atoms with Crippen molar-refractivity contribution in [2.75, 3.05) is 34.0 Å². The molecule has 1 amide bonds. The molecule has 2 N–H and O–H groups in total. The number of nitrogens with one attached hydrogen (secondary N) is 1. The average Bonchev–Trinajstić information content (AvgIpc) is 2.91. The monoisotopic (exact) mass is 281 g/mol. The van der Waals surface area contributed by atoms with Crippen LogP contribution in [-0.2, 0) is 4.74 Å². The van der Waals surface area contributed by atoms with Gasteiger partial charge in [-0.3, -0.25) is 4.79 Å². The number of rotatable bonds is 5. The molecule has 0 radical (unpaired) electrons. The van der Waals surface area contributed by atoms with E-state index in [1.54, 1.807) is 18.2 Å². The van der Waals surface area contributed by atoms with E-state index in [2.05, 4.69) is 5.32 Å². The molecule has 0 bridgehead atoms. The molecule has 0 aliphatic carbocycles. The zero-order valence-corrected chi connectivity index (χ0v) is 11.6. The third kappa shape index (κ3) is 3.02. The van der Waals surface area contributed by atoms with E-state index in [0.717, 1.165) is 0 Å². The molecule has 1 fully saturated rings. The standard InChI is InChI=1S/C14H19NO5/c1-18-11-5-3-4-10(12(11)19-2)13(16)15-8-14(17)6-7-20-9-14/h3-5,17H,6-9H2,1-2H3,(H,15,16)/t14-/m1/s1. The van der Waals surface area contributed by atoms with Crippen molar-refractivity contribution in [3.8, 4) is 11.5 Å². The second-order valence-corrected chi connectivity index (χ2v) is 4.75. The van der Waals surface area contributed by atoms with Gasteiger partial charge in [-0.2, -0.15) is 0 Å². The lowest BCUT2D eigenvalue weighted by molar-refractivity contribution is 0.0264. The van der Waals surface area contributed by atoms with Crippen LogP contribution in [0.1, 0.15) is 16.8 Å². The van der Waals surface area contributed by atoms with Crippen LogP contribution in [0.4, 0.5) is 0 Å². The van der Waals surface area contributed by atoms with Crippen molar-refractivity contribution in [3.05, 3.63) is 23.8 Å². The van der Waals surface area contributed by atoms with E-state index < -0.39 is 5.60 Å². The summed E-state index contributed by atoms with van der Waals surface area (Å²) in [5.74, 6) is 0.547. The molecule has 1 saturated heterocycles. The predicted octanol–water partition coefficient (Wildman–Crippen LogP) is 0.585. The number of amides is 1. The highest BCUT2D eigenvalue weighted by molar-refractivity contribution is 5.97. The van der Waals surface area contributed by atoms with Crippen molar-refractivity contribution in [2.24, 2.45) is 0 Å². The van der Waals surface area contributed by atoms with Gasteiger partial charge in [0.2, 0.25) is 0 Å². The van der Waals surface area contributed by atoms with Crippen molar-refractivity contribution < 1.29 is 24.1 Å². The molecule has 110 valence electrons. The third-order valence-corrected chi connectivity index (χ3v) is 3.31. The summed E-state index contributed by atoms with van der Waals surface area (Å²) in [6.45, 7) is 0.892. The van der Waals surface area contributed by atoms with Gasteiger partial charge in [0.25, 0.3) is 5.91 Å². The van der Waals surface area contributed by atoms with Crippen LogP contribution >= 0.6 is 0 Å². The van der Waals surface area contributed by atoms with Crippen LogP contribution in [0, 0.1) is 0 Å². The van der Waals surface area contributed by atoms with E-state index in [1.165, 1.54) is 14.2 Å². The van der Waals surface area contributed by atoms with Crippen LogP contribution in [-0.4, -0.2) is 50.6 Å². The fourth-order valence-corrected chi connectivity index (χ4v) is 2.14. The third-order valence-electron chi connectivity index (χ3n) is 3.31. The molecule has 1 aliphatic heterocycles. The zero-order chi connectivity index (χ0) is 14.6. The minimum Gasteiger partial charge on any atom is -0.493 e. The van der Waals surface area contributed by atoms with E-state index in [9.17, 15) is 9.90 Å². The first-order valence-corrected chi connectivity index (χ1v) is 6.39. The Kier molecular flexibility index (Phi) is 4.46. The van der Waals surface area contributed by atoms with Gasteiger partial charge in [-0.05, 0) is 12.1 Å². The van der Waals surface area contributed by atoms with E-state index >= 15 is 0 Å². The lowest BCUT2D eigenvalue weighted by Crippen LogP contribution is -2.43. The molecule has 1 heterocycles. The lowest BCUT2D eigenvalue weighted by Gasteiger charge is -2.21. The normalized spacial score (nSPS) is 21.6. The van der Waals surface area contributed by atoms with Gasteiger partial charge in [-0.25, -0.2) is 0 Å². The zero-order valence-electron chi connectivity index (χ0n) is 11.6. The maximum Gasteiger partial charge on any atom is 0.255 e. The fraction of sp³-hybridized carbons (Fsp3) is 0.500. The number of carbonyl (C=O) groups is 1. The number of hydrogen-bond donors (Lipinski definition) is 2. The van der Waals surface area contributed by atoms with Gasteiger partial charge in [-0.15, -0.1) is 0 Å². The van der Waals surface area contributed by atoms with Crippen LogP contribution in [0.15, 0.2) is 18.2 Å². The highest BCUT2D eigenvalue weighted by Gasteiger charge is 2.32. The minimum atomic E-state index is -0.984. The van der Waals surface area contributed by atoms with Gasteiger partial charge in [0.15, 0.2) is 11.5 Å². The maximum absolute atomic E-state index is 12.2. The highest BCUT2D eigenvalue weighted by Crippen LogP contribution is 2.30. The van der Waals surface area contributed by atoms with Gasteiger partial charge < -0.3 is 24.6 Å². The Labute approximate surface area is 117 Å². The molecule has 0 spiro atoms. The summed E-state index contributed by atoms with van der Waals surface area (Å²) in [6, 6.07) is 5.07. The molecular weight excluding hydrogens is 262 g/mol. The first kappa shape index (κ1) is 14.6. The van der Waals surface area contributed by atoms with E-state index in [-0.39, 0.29) is 19.1 Å². The van der Waals surface area contributed by atoms with E-state index in [0.29, 0.717) is 30.1 Å². The number of carbonyl (C=O) groups excluding carboxylic acids is 1. The predicted molar refractivity (Wildman–Crippen MR) is 72.3 cm³/mol.